The van der Waals surface area contributed by atoms with Crippen LogP contribution in [0, 0.1) is 0 Å². The first-order valence-corrected chi connectivity index (χ1v) is 24.5. The lowest BCUT2D eigenvalue weighted by molar-refractivity contribution is -0.253. The van der Waals surface area contributed by atoms with Crippen molar-refractivity contribution in [1.29, 1.82) is 0 Å². The molecular weight excluding hydrogens is 435 g/mol. The molecule has 0 amide bonds. The number of rotatable bonds is 10. The fourth-order valence-electron chi connectivity index (χ4n) is 3.32. The van der Waals surface area contributed by atoms with Crippen LogP contribution in [0.2, 0.25) is 78.6 Å². The summed E-state index contributed by atoms with van der Waals surface area (Å²) in [6.45, 7) is 27.3. The van der Waals surface area contributed by atoms with Gasteiger partial charge in [0.1, 0.15) is 20.4 Å². The lowest BCUT2D eigenvalue weighted by Crippen LogP contribution is -2.70. The molecule has 1 heterocycles. The van der Waals surface area contributed by atoms with Crippen LogP contribution in [0.25, 0.3) is 0 Å². The first-order chi connectivity index (χ1) is 12.8. The fraction of sp³-hybridized carbons (Fsp3) is 1.00. The van der Waals surface area contributed by atoms with Gasteiger partial charge in [0.2, 0.25) is 0 Å². The van der Waals surface area contributed by atoms with Crippen molar-refractivity contribution >= 4 is 33.2 Å². The van der Waals surface area contributed by atoms with Crippen molar-refractivity contribution in [2.75, 3.05) is 13.7 Å². The SMILES string of the molecule is COC1O[C@H](CO[Si](C)(C)C)[C@H](O[Si](C)(C)C)[C@H](O[Si](C)(C)C)[C@H]1N[Si](C)(C)C. The second-order valence-electron chi connectivity index (χ2n) is 12.0. The Morgan fingerprint density at radius 3 is 1.59 bits per heavy atom. The van der Waals surface area contributed by atoms with Crippen LogP contribution >= 0.6 is 0 Å². The highest BCUT2D eigenvalue weighted by Crippen LogP contribution is 2.32. The molecule has 0 bridgehead atoms. The Bertz CT molecular complexity index is 511. The summed E-state index contributed by atoms with van der Waals surface area (Å²) in [5.41, 5.74) is 0. The molecule has 0 aromatic heterocycles. The van der Waals surface area contributed by atoms with Crippen LogP contribution in [0.15, 0.2) is 0 Å². The average Bonchev–Trinajstić information content (AvgIpc) is 2.44. The lowest BCUT2D eigenvalue weighted by Gasteiger charge is -2.51. The molecule has 0 aromatic rings. The molecule has 174 valence electrons. The highest BCUT2D eigenvalue weighted by molar-refractivity contribution is 6.73. The van der Waals surface area contributed by atoms with Crippen molar-refractivity contribution in [3.8, 4) is 0 Å². The summed E-state index contributed by atoms with van der Waals surface area (Å²) in [7, 11) is -5.29. The van der Waals surface area contributed by atoms with Gasteiger partial charge in [-0.3, -0.25) is 0 Å². The molecule has 6 nitrogen and oxygen atoms in total. The van der Waals surface area contributed by atoms with Gasteiger partial charge in [-0.15, -0.1) is 0 Å². The molecule has 0 radical (unpaired) electrons. The molecule has 0 saturated carbocycles. The zero-order chi connectivity index (χ0) is 22.8. The number of ether oxygens (including phenoxy) is 2. The van der Waals surface area contributed by atoms with Gasteiger partial charge in [0.25, 0.3) is 0 Å². The smallest absolute Gasteiger partial charge is 0.184 e. The maximum Gasteiger partial charge on any atom is 0.184 e. The van der Waals surface area contributed by atoms with Gasteiger partial charge in [-0.2, -0.15) is 0 Å². The van der Waals surface area contributed by atoms with E-state index in [4.69, 9.17) is 22.8 Å². The second kappa shape index (κ2) is 10.1. The molecule has 0 aromatic carbocycles. The Morgan fingerprint density at radius 2 is 1.21 bits per heavy atom. The number of nitrogens with one attached hydrogen (secondary N) is 1. The van der Waals surface area contributed by atoms with Crippen LogP contribution in [0.1, 0.15) is 0 Å². The van der Waals surface area contributed by atoms with Crippen molar-refractivity contribution < 1.29 is 22.8 Å². The summed E-state index contributed by atoms with van der Waals surface area (Å²) in [4.78, 5) is 3.83. The van der Waals surface area contributed by atoms with E-state index in [1.54, 1.807) is 7.11 Å². The molecule has 0 aliphatic carbocycles. The van der Waals surface area contributed by atoms with Crippen LogP contribution in [0.4, 0.5) is 0 Å². The highest BCUT2D eigenvalue weighted by atomic mass is 28.4. The molecule has 1 N–H and O–H groups in total. The van der Waals surface area contributed by atoms with Gasteiger partial charge in [-0.05, 0) is 58.9 Å². The first kappa shape index (κ1) is 27.7. The Balaban J connectivity index is 3.34. The second-order valence-corrected chi connectivity index (χ2v) is 30.2. The van der Waals surface area contributed by atoms with E-state index in [1.807, 2.05) is 0 Å². The van der Waals surface area contributed by atoms with E-state index in [1.165, 1.54) is 0 Å². The average molecular weight is 482 g/mol. The van der Waals surface area contributed by atoms with Gasteiger partial charge in [0.05, 0.1) is 18.8 Å². The Kier molecular flexibility index (Phi) is 9.59. The quantitative estimate of drug-likeness (QED) is 0.465. The van der Waals surface area contributed by atoms with Gasteiger partial charge in [-0.25, -0.2) is 0 Å². The minimum Gasteiger partial charge on any atom is -0.415 e. The minimum atomic E-state index is -1.84. The maximum absolute atomic E-state index is 6.78. The predicted octanol–water partition coefficient (Wildman–Crippen LogP) is 4.44. The van der Waals surface area contributed by atoms with E-state index in [2.05, 4.69) is 83.5 Å². The van der Waals surface area contributed by atoms with Crippen molar-refractivity contribution in [3.05, 3.63) is 0 Å². The first-order valence-electron chi connectivity index (χ1n) is 10.8. The highest BCUT2D eigenvalue weighted by Gasteiger charge is 2.51. The molecule has 29 heavy (non-hydrogen) atoms. The monoisotopic (exact) mass is 481 g/mol. The summed E-state index contributed by atoms with van der Waals surface area (Å²) < 4.78 is 32.0. The van der Waals surface area contributed by atoms with E-state index in [9.17, 15) is 0 Å². The molecular formula is C19H47NO5Si4. The van der Waals surface area contributed by atoms with Crippen LogP contribution < -0.4 is 4.98 Å². The zero-order valence-electron chi connectivity index (χ0n) is 21.1. The molecule has 10 heteroatoms. The molecule has 1 saturated heterocycles. The summed E-state index contributed by atoms with van der Waals surface area (Å²) in [6.07, 6.45) is -0.904. The van der Waals surface area contributed by atoms with Crippen LogP contribution in [0.5, 0.6) is 0 Å². The summed E-state index contributed by atoms with van der Waals surface area (Å²) >= 11 is 0. The van der Waals surface area contributed by atoms with E-state index < -0.39 is 33.2 Å². The third-order valence-corrected chi connectivity index (χ3v) is 8.33. The molecule has 1 unspecified atom stereocenters. The summed E-state index contributed by atoms with van der Waals surface area (Å²) in [5, 5.41) is 0. The van der Waals surface area contributed by atoms with E-state index >= 15 is 0 Å². The fourth-order valence-corrected chi connectivity index (χ4v) is 7.49. The number of hydrogen-bond acceptors (Lipinski definition) is 6. The van der Waals surface area contributed by atoms with E-state index in [0.29, 0.717) is 6.61 Å². The van der Waals surface area contributed by atoms with Gasteiger partial charge in [0, 0.05) is 7.11 Å². The molecule has 0 spiro atoms. The van der Waals surface area contributed by atoms with Gasteiger partial charge >= 0.3 is 0 Å². The Labute approximate surface area is 183 Å². The van der Waals surface area contributed by atoms with Crippen molar-refractivity contribution in [1.82, 2.24) is 4.98 Å². The molecule has 1 rings (SSSR count). The topological polar surface area (TPSA) is 58.2 Å². The largest absolute Gasteiger partial charge is 0.415 e. The van der Waals surface area contributed by atoms with E-state index in [-0.39, 0.29) is 30.6 Å². The van der Waals surface area contributed by atoms with Crippen molar-refractivity contribution in [2.45, 2.75) is 109 Å². The zero-order valence-corrected chi connectivity index (χ0v) is 25.1. The predicted molar refractivity (Wildman–Crippen MR) is 132 cm³/mol. The third-order valence-electron chi connectivity index (χ3n) is 4.14. The lowest BCUT2D eigenvalue weighted by atomic mass is 9.98. The normalized spacial score (nSPS) is 29.9. The molecule has 1 aliphatic heterocycles. The van der Waals surface area contributed by atoms with Crippen LogP contribution in [-0.2, 0) is 22.8 Å². The van der Waals surface area contributed by atoms with E-state index in [0.717, 1.165) is 0 Å². The number of hydrogen-bond donors (Lipinski definition) is 1. The van der Waals surface area contributed by atoms with Crippen LogP contribution in [0.3, 0.4) is 0 Å². The summed E-state index contributed by atoms with van der Waals surface area (Å²) in [5.74, 6) is 0. The molecule has 5 atom stereocenters. The number of methoxy groups -OCH3 is 1. The molecule has 1 aliphatic rings. The molecule has 1 fully saturated rings. The maximum atomic E-state index is 6.78. The summed E-state index contributed by atoms with van der Waals surface area (Å²) in [6, 6.07) is -0.0668. The van der Waals surface area contributed by atoms with Crippen molar-refractivity contribution in [3.63, 3.8) is 0 Å². The van der Waals surface area contributed by atoms with Gasteiger partial charge in [0.15, 0.2) is 31.2 Å². The van der Waals surface area contributed by atoms with Gasteiger partial charge in [-0.1, -0.05) is 19.6 Å². The van der Waals surface area contributed by atoms with Gasteiger partial charge < -0.3 is 27.7 Å². The Morgan fingerprint density at radius 1 is 0.724 bits per heavy atom. The van der Waals surface area contributed by atoms with Crippen LogP contribution in [-0.4, -0.2) is 77.5 Å². The standard InChI is InChI=1S/C19H47NO5Si4/c1-21-19-16(20-26(2,3)4)18(25-29(11,12)13)17(24-28(8,9)10)15(23-19)14-22-27(5,6)7/h15-20H,14H2,1-13H3/t15-,16-,17+,18-,19?/m1/s1. The third kappa shape index (κ3) is 10.7. The minimum absolute atomic E-state index is 0.0668. The Hall–Kier alpha value is 0.628. The van der Waals surface area contributed by atoms with Crippen molar-refractivity contribution in [2.24, 2.45) is 0 Å².